The van der Waals surface area contributed by atoms with Crippen molar-refractivity contribution in [2.24, 2.45) is 0 Å². The number of hydrogen-bond acceptors (Lipinski definition) is 4. The smallest absolute Gasteiger partial charge is 0.336 e. The van der Waals surface area contributed by atoms with Crippen LogP contribution < -0.4 is 0 Å². The van der Waals surface area contributed by atoms with Gasteiger partial charge >= 0.3 is 6.18 Å². The molecular formula is C19H15ClF3N3O3S. The summed E-state index contributed by atoms with van der Waals surface area (Å²) >= 11 is 5.56. The number of amides is 1. The van der Waals surface area contributed by atoms with E-state index in [1.165, 1.54) is 29.2 Å². The number of halogens is 4. The Bertz CT molecular complexity index is 1100. The van der Waals surface area contributed by atoms with Gasteiger partial charge in [-0.05, 0) is 42.5 Å². The molecule has 0 aromatic heterocycles. The van der Waals surface area contributed by atoms with E-state index in [0.29, 0.717) is 17.2 Å². The lowest BCUT2D eigenvalue weighted by atomic mass is 10.1. The first-order chi connectivity index (χ1) is 14.0. The van der Waals surface area contributed by atoms with Crippen LogP contribution in [0.5, 0.6) is 0 Å². The molecule has 3 rings (SSSR count). The van der Waals surface area contributed by atoms with Gasteiger partial charge in [0.2, 0.25) is 10.0 Å². The van der Waals surface area contributed by atoms with Gasteiger partial charge in [0.1, 0.15) is 0 Å². The molecule has 2 aromatic carbocycles. The summed E-state index contributed by atoms with van der Waals surface area (Å²) in [5, 5.41) is 8.23. The van der Waals surface area contributed by atoms with Crippen molar-refractivity contribution in [3.05, 3.63) is 64.2 Å². The van der Waals surface area contributed by atoms with E-state index in [0.717, 1.165) is 16.4 Å². The topological polar surface area (TPSA) is 81.5 Å². The van der Waals surface area contributed by atoms with Gasteiger partial charge in [-0.15, -0.1) is 0 Å². The van der Waals surface area contributed by atoms with Gasteiger partial charge in [0.25, 0.3) is 5.91 Å². The van der Waals surface area contributed by atoms with E-state index >= 15 is 0 Å². The zero-order valence-corrected chi connectivity index (χ0v) is 16.9. The van der Waals surface area contributed by atoms with Crippen LogP contribution in [0.25, 0.3) is 0 Å². The van der Waals surface area contributed by atoms with E-state index in [1.807, 2.05) is 6.07 Å². The Morgan fingerprint density at radius 1 is 1.03 bits per heavy atom. The van der Waals surface area contributed by atoms with Crippen molar-refractivity contribution < 1.29 is 26.4 Å². The Kier molecular flexibility index (Phi) is 6.08. The van der Waals surface area contributed by atoms with Crippen LogP contribution in [0, 0.1) is 11.3 Å². The predicted molar refractivity (Wildman–Crippen MR) is 102 cm³/mol. The summed E-state index contributed by atoms with van der Waals surface area (Å²) in [7, 11) is -4.18. The fourth-order valence-electron chi connectivity index (χ4n) is 3.03. The molecule has 0 spiro atoms. The zero-order valence-electron chi connectivity index (χ0n) is 15.4. The van der Waals surface area contributed by atoms with Gasteiger partial charge in [-0.2, -0.15) is 22.7 Å². The Balaban J connectivity index is 1.74. The van der Waals surface area contributed by atoms with E-state index in [4.69, 9.17) is 16.9 Å². The van der Waals surface area contributed by atoms with E-state index < -0.39 is 31.7 Å². The van der Waals surface area contributed by atoms with Gasteiger partial charge in [0, 0.05) is 31.7 Å². The van der Waals surface area contributed by atoms with Crippen LogP contribution in [0.1, 0.15) is 21.5 Å². The van der Waals surface area contributed by atoms with Crippen molar-refractivity contribution in [3.63, 3.8) is 0 Å². The lowest BCUT2D eigenvalue weighted by Crippen LogP contribution is -2.50. The highest BCUT2D eigenvalue weighted by atomic mass is 35.5. The molecule has 1 aliphatic rings. The third kappa shape index (κ3) is 4.43. The molecule has 0 unspecified atom stereocenters. The number of nitriles is 1. The molecule has 11 heteroatoms. The largest absolute Gasteiger partial charge is 0.417 e. The molecule has 158 valence electrons. The van der Waals surface area contributed by atoms with Gasteiger partial charge in [0.15, 0.2) is 0 Å². The van der Waals surface area contributed by atoms with Gasteiger partial charge in [-0.3, -0.25) is 4.79 Å². The van der Waals surface area contributed by atoms with E-state index in [2.05, 4.69) is 0 Å². The minimum absolute atomic E-state index is 0.0612. The van der Waals surface area contributed by atoms with Crippen LogP contribution in [0.2, 0.25) is 5.02 Å². The molecule has 30 heavy (non-hydrogen) atoms. The molecule has 1 fully saturated rings. The van der Waals surface area contributed by atoms with Gasteiger partial charge in [-0.1, -0.05) is 11.6 Å². The molecule has 0 saturated carbocycles. The van der Waals surface area contributed by atoms with Crippen LogP contribution in [0.15, 0.2) is 47.4 Å². The van der Waals surface area contributed by atoms with Crippen LogP contribution >= 0.6 is 11.6 Å². The minimum Gasteiger partial charge on any atom is -0.336 e. The van der Waals surface area contributed by atoms with Crippen LogP contribution in [0.4, 0.5) is 13.2 Å². The van der Waals surface area contributed by atoms with Gasteiger partial charge < -0.3 is 4.90 Å². The fraction of sp³-hybridized carbons (Fsp3) is 0.263. The van der Waals surface area contributed by atoms with Crippen molar-refractivity contribution >= 4 is 27.5 Å². The molecule has 2 aromatic rings. The molecular weight excluding hydrogens is 443 g/mol. The van der Waals surface area contributed by atoms with Gasteiger partial charge in [0.05, 0.1) is 27.1 Å². The van der Waals surface area contributed by atoms with Crippen LogP contribution in [-0.4, -0.2) is 49.7 Å². The first-order valence-electron chi connectivity index (χ1n) is 8.70. The molecule has 0 bridgehead atoms. The Hall–Kier alpha value is -2.61. The van der Waals surface area contributed by atoms with Gasteiger partial charge in [-0.25, -0.2) is 8.42 Å². The van der Waals surface area contributed by atoms with Crippen molar-refractivity contribution in [1.29, 1.82) is 5.26 Å². The van der Waals surface area contributed by atoms with Crippen molar-refractivity contribution in [2.75, 3.05) is 26.2 Å². The number of benzene rings is 2. The van der Waals surface area contributed by atoms with E-state index in [9.17, 15) is 26.4 Å². The number of alkyl halides is 3. The lowest BCUT2D eigenvalue weighted by molar-refractivity contribution is -0.137. The molecule has 0 atom stereocenters. The summed E-state index contributed by atoms with van der Waals surface area (Å²) in [4.78, 5) is 13.5. The number of rotatable bonds is 3. The number of carbonyl (C=O) groups is 1. The Morgan fingerprint density at radius 2 is 1.63 bits per heavy atom. The quantitative estimate of drug-likeness (QED) is 0.707. The maximum absolute atomic E-state index is 13.1. The average molecular weight is 458 g/mol. The molecule has 1 amide bonds. The summed E-state index contributed by atoms with van der Waals surface area (Å²) in [5.41, 5.74) is -0.457. The summed E-state index contributed by atoms with van der Waals surface area (Å²) < 4.78 is 65.8. The normalized spacial score (nSPS) is 15.6. The number of piperazine rings is 1. The minimum atomic E-state index is -4.78. The summed E-state index contributed by atoms with van der Waals surface area (Å²) in [6.45, 7) is 0.0399. The molecule has 0 N–H and O–H groups in total. The Labute approximate surface area is 176 Å². The van der Waals surface area contributed by atoms with Crippen molar-refractivity contribution in [1.82, 2.24) is 9.21 Å². The molecule has 0 radical (unpaired) electrons. The highest BCUT2D eigenvalue weighted by molar-refractivity contribution is 7.89. The highest BCUT2D eigenvalue weighted by Crippen LogP contribution is 2.36. The lowest BCUT2D eigenvalue weighted by Gasteiger charge is -2.34. The number of hydrogen-bond donors (Lipinski definition) is 0. The second-order valence-corrected chi connectivity index (χ2v) is 8.87. The molecule has 1 saturated heterocycles. The molecule has 0 aliphatic carbocycles. The molecule has 1 aliphatic heterocycles. The van der Waals surface area contributed by atoms with E-state index in [1.54, 1.807) is 0 Å². The predicted octanol–water partition coefficient (Wildman–Crippen LogP) is 3.38. The van der Waals surface area contributed by atoms with Crippen LogP contribution in [0.3, 0.4) is 0 Å². The first-order valence-corrected chi connectivity index (χ1v) is 10.5. The summed E-state index contributed by atoms with van der Waals surface area (Å²) in [5.74, 6) is -0.317. The molecule has 6 nitrogen and oxygen atoms in total. The number of sulfonamides is 1. The second-order valence-electron chi connectivity index (χ2n) is 6.52. The SMILES string of the molecule is N#Cc1ccc(C(=O)N2CCN(S(=O)(=O)c3ccc(Cl)c(C(F)(F)F)c3)CC2)cc1. The zero-order chi connectivity index (χ0) is 22.1. The van der Waals surface area contributed by atoms with Crippen molar-refractivity contribution in [2.45, 2.75) is 11.1 Å². The highest BCUT2D eigenvalue weighted by Gasteiger charge is 2.36. The third-order valence-electron chi connectivity index (χ3n) is 4.67. The van der Waals surface area contributed by atoms with Crippen molar-refractivity contribution in [3.8, 4) is 6.07 Å². The summed E-state index contributed by atoms with van der Waals surface area (Å²) in [6, 6.07) is 10.4. The number of carbonyl (C=O) groups excluding carboxylic acids is 1. The maximum atomic E-state index is 13.1. The monoisotopic (exact) mass is 457 g/mol. The van der Waals surface area contributed by atoms with E-state index in [-0.39, 0.29) is 32.1 Å². The number of nitrogens with zero attached hydrogens (tertiary/aromatic N) is 3. The fourth-order valence-corrected chi connectivity index (χ4v) is 4.71. The first kappa shape index (κ1) is 22.1. The Morgan fingerprint density at radius 3 is 2.17 bits per heavy atom. The molecule has 1 heterocycles. The third-order valence-corrected chi connectivity index (χ3v) is 6.89. The maximum Gasteiger partial charge on any atom is 0.417 e. The second kappa shape index (κ2) is 8.26. The summed E-state index contributed by atoms with van der Waals surface area (Å²) in [6.07, 6.45) is -4.78. The van der Waals surface area contributed by atoms with Crippen LogP contribution in [-0.2, 0) is 16.2 Å². The standard InChI is InChI=1S/C19H15ClF3N3O3S/c20-17-6-5-15(11-16(17)19(21,22)23)30(28,29)26-9-7-25(8-10-26)18(27)14-3-1-13(12-24)2-4-14/h1-6,11H,7-10H2. The average Bonchev–Trinajstić information content (AvgIpc) is 2.72.